The lowest BCUT2D eigenvalue weighted by atomic mass is 10.2. The van der Waals surface area contributed by atoms with Gasteiger partial charge in [0, 0.05) is 10.6 Å². The van der Waals surface area contributed by atoms with E-state index in [1.807, 2.05) is 0 Å². The molecule has 2 aromatic rings. The van der Waals surface area contributed by atoms with Gasteiger partial charge in [-0.1, -0.05) is 23.7 Å². The summed E-state index contributed by atoms with van der Waals surface area (Å²) in [4.78, 5) is 0.974. The van der Waals surface area contributed by atoms with Crippen LogP contribution in [-0.4, -0.2) is 5.11 Å². The summed E-state index contributed by atoms with van der Waals surface area (Å²) >= 11 is 7.19. The van der Waals surface area contributed by atoms with E-state index in [1.54, 1.807) is 36.4 Å². The van der Waals surface area contributed by atoms with Crippen LogP contribution in [0.5, 0.6) is 5.75 Å². The molecule has 0 atom stereocenters. The van der Waals surface area contributed by atoms with Crippen LogP contribution in [0, 0.1) is 5.82 Å². The topological polar surface area (TPSA) is 20.2 Å². The van der Waals surface area contributed by atoms with Gasteiger partial charge < -0.3 is 5.11 Å². The number of phenolic OH excluding ortho intramolecular Hbond substituents is 1. The normalized spacial score (nSPS) is 10.5. The lowest BCUT2D eigenvalue weighted by Gasteiger charge is -2.04. The van der Waals surface area contributed by atoms with Crippen molar-refractivity contribution in [1.82, 2.24) is 0 Å². The quantitative estimate of drug-likeness (QED) is 0.829. The second-order valence-electron chi connectivity index (χ2n) is 3.50. The highest BCUT2D eigenvalue weighted by molar-refractivity contribution is 7.98. The summed E-state index contributed by atoms with van der Waals surface area (Å²) in [5.41, 5.74) is 0.579. The van der Waals surface area contributed by atoms with Crippen molar-refractivity contribution >= 4 is 23.4 Å². The van der Waals surface area contributed by atoms with E-state index in [0.717, 1.165) is 4.90 Å². The lowest BCUT2D eigenvalue weighted by Crippen LogP contribution is -1.88. The molecule has 0 unspecified atom stereocenters. The lowest BCUT2D eigenvalue weighted by molar-refractivity contribution is 0.475. The molecule has 0 fully saturated rings. The Morgan fingerprint density at radius 2 is 1.82 bits per heavy atom. The maximum absolute atomic E-state index is 13.6. The van der Waals surface area contributed by atoms with E-state index in [0.29, 0.717) is 11.3 Å². The maximum atomic E-state index is 13.6. The van der Waals surface area contributed by atoms with Crippen molar-refractivity contribution < 1.29 is 9.50 Å². The van der Waals surface area contributed by atoms with Gasteiger partial charge in [-0.3, -0.25) is 0 Å². The molecule has 2 aromatic carbocycles. The van der Waals surface area contributed by atoms with E-state index in [1.165, 1.54) is 17.8 Å². The van der Waals surface area contributed by atoms with E-state index in [4.69, 9.17) is 16.7 Å². The first kappa shape index (κ1) is 12.3. The summed E-state index contributed by atoms with van der Waals surface area (Å²) in [5, 5.41) is 9.28. The summed E-state index contributed by atoms with van der Waals surface area (Å²) in [6, 6.07) is 11.8. The molecule has 88 valence electrons. The third kappa shape index (κ3) is 3.14. The Labute approximate surface area is 108 Å². The zero-order valence-electron chi connectivity index (χ0n) is 8.86. The molecule has 4 heteroatoms. The molecule has 1 nitrogen and oxygen atoms in total. The summed E-state index contributed by atoms with van der Waals surface area (Å²) in [7, 11) is 0. The van der Waals surface area contributed by atoms with Crippen molar-refractivity contribution in [2.75, 3.05) is 0 Å². The van der Waals surface area contributed by atoms with Crippen LogP contribution in [0.1, 0.15) is 5.56 Å². The minimum atomic E-state index is -0.361. The van der Waals surface area contributed by atoms with Crippen molar-refractivity contribution in [3.63, 3.8) is 0 Å². The van der Waals surface area contributed by atoms with Crippen molar-refractivity contribution in [2.24, 2.45) is 0 Å². The first-order chi connectivity index (χ1) is 8.16. The van der Waals surface area contributed by atoms with E-state index < -0.39 is 0 Å². The third-order valence-corrected chi connectivity index (χ3v) is 3.62. The molecule has 17 heavy (non-hydrogen) atoms. The number of aromatic hydroxyl groups is 1. The number of phenols is 1. The van der Waals surface area contributed by atoms with Crippen LogP contribution < -0.4 is 0 Å². The molecule has 0 bridgehead atoms. The first-order valence-electron chi connectivity index (χ1n) is 5.01. The highest BCUT2D eigenvalue weighted by atomic mass is 35.5. The Bertz CT molecular complexity index is 513. The van der Waals surface area contributed by atoms with Crippen LogP contribution in [0.4, 0.5) is 4.39 Å². The van der Waals surface area contributed by atoms with Crippen LogP contribution in [0.25, 0.3) is 0 Å². The molecule has 0 aliphatic rings. The van der Waals surface area contributed by atoms with Gasteiger partial charge in [-0.15, -0.1) is 11.8 Å². The van der Waals surface area contributed by atoms with Gasteiger partial charge >= 0.3 is 0 Å². The van der Waals surface area contributed by atoms with Gasteiger partial charge in [0.15, 0.2) is 0 Å². The molecule has 0 saturated heterocycles. The second-order valence-corrected chi connectivity index (χ2v) is 4.95. The standard InChI is InChI=1S/C13H10ClFOS/c14-12-3-1-2-9(13(12)15)8-17-11-6-4-10(16)5-7-11/h1-7,16H,8H2. The fourth-order valence-electron chi connectivity index (χ4n) is 1.36. The molecule has 2 rings (SSSR count). The highest BCUT2D eigenvalue weighted by Crippen LogP contribution is 2.27. The minimum Gasteiger partial charge on any atom is -0.508 e. The Hall–Kier alpha value is -1.19. The smallest absolute Gasteiger partial charge is 0.145 e. The number of benzene rings is 2. The van der Waals surface area contributed by atoms with Gasteiger partial charge in [0.1, 0.15) is 11.6 Å². The molecule has 0 aliphatic carbocycles. The SMILES string of the molecule is Oc1ccc(SCc2cccc(Cl)c2F)cc1. The molecule has 0 saturated carbocycles. The molecular weight excluding hydrogens is 259 g/mol. The largest absolute Gasteiger partial charge is 0.508 e. The predicted molar refractivity (Wildman–Crippen MR) is 69.1 cm³/mol. The average molecular weight is 269 g/mol. The third-order valence-electron chi connectivity index (χ3n) is 2.26. The van der Waals surface area contributed by atoms with E-state index in [9.17, 15) is 4.39 Å². The first-order valence-corrected chi connectivity index (χ1v) is 6.38. The van der Waals surface area contributed by atoms with Gasteiger partial charge in [0.05, 0.1) is 5.02 Å². The van der Waals surface area contributed by atoms with Crippen molar-refractivity contribution in [3.8, 4) is 5.75 Å². The van der Waals surface area contributed by atoms with E-state index in [2.05, 4.69) is 0 Å². The Morgan fingerprint density at radius 1 is 1.12 bits per heavy atom. The van der Waals surface area contributed by atoms with Crippen molar-refractivity contribution in [2.45, 2.75) is 10.6 Å². The zero-order valence-corrected chi connectivity index (χ0v) is 10.4. The van der Waals surface area contributed by atoms with Gasteiger partial charge in [-0.25, -0.2) is 4.39 Å². The molecule has 0 spiro atoms. The minimum absolute atomic E-state index is 0.147. The summed E-state index contributed by atoms with van der Waals surface area (Å²) in [5.74, 6) is 0.376. The predicted octanol–water partition coefficient (Wildman–Crippen LogP) is 4.48. The number of rotatable bonds is 3. The second kappa shape index (κ2) is 5.43. The fourth-order valence-corrected chi connectivity index (χ4v) is 2.43. The van der Waals surface area contributed by atoms with Crippen LogP contribution in [0.15, 0.2) is 47.4 Å². The molecule has 0 heterocycles. The van der Waals surface area contributed by atoms with E-state index in [-0.39, 0.29) is 16.6 Å². The Kier molecular flexibility index (Phi) is 3.92. The van der Waals surface area contributed by atoms with Crippen molar-refractivity contribution in [3.05, 3.63) is 58.9 Å². The van der Waals surface area contributed by atoms with Gasteiger partial charge in [-0.2, -0.15) is 0 Å². The van der Waals surface area contributed by atoms with Gasteiger partial charge in [0.2, 0.25) is 0 Å². The molecular formula is C13H10ClFOS. The number of thioether (sulfide) groups is 1. The molecule has 0 radical (unpaired) electrons. The van der Waals surface area contributed by atoms with Crippen molar-refractivity contribution in [1.29, 1.82) is 0 Å². The number of hydrogen-bond acceptors (Lipinski definition) is 2. The molecule has 1 N–H and O–H groups in total. The Morgan fingerprint density at radius 3 is 2.53 bits per heavy atom. The average Bonchev–Trinajstić information content (AvgIpc) is 2.33. The summed E-state index contributed by atoms with van der Waals surface area (Å²) < 4.78 is 13.6. The summed E-state index contributed by atoms with van der Waals surface area (Å²) in [6.07, 6.45) is 0. The maximum Gasteiger partial charge on any atom is 0.145 e. The number of hydrogen-bond donors (Lipinski definition) is 1. The fraction of sp³-hybridized carbons (Fsp3) is 0.0769. The van der Waals surface area contributed by atoms with Crippen LogP contribution in [0.3, 0.4) is 0 Å². The zero-order chi connectivity index (χ0) is 12.3. The Balaban J connectivity index is 2.07. The number of halogens is 2. The van der Waals surface area contributed by atoms with E-state index >= 15 is 0 Å². The highest BCUT2D eigenvalue weighted by Gasteiger charge is 2.06. The van der Waals surface area contributed by atoms with Crippen LogP contribution >= 0.6 is 23.4 Å². The molecule has 0 aromatic heterocycles. The monoisotopic (exact) mass is 268 g/mol. The molecule has 0 aliphatic heterocycles. The summed E-state index contributed by atoms with van der Waals surface area (Å²) in [6.45, 7) is 0. The van der Waals surface area contributed by atoms with Gasteiger partial charge in [0.25, 0.3) is 0 Å². The van der Waals surface area contributed by atoms with Gasteiger partial charge in [-0.05, 0) is 35.9 Å². The van der Waals surface area contributed by atoms with Crippen LogP contribution in [-0.2, 0) is 5.75 Å². The van der Waals surface area contributed by atoms with Crippen LogP contribution in [0.2, 0.25) is 5.02 Å². The molecule has 0 amide bonds.